The maximum atomic E-state index is 9.39. The van der Waals surface area contributed by atoms with Gasteiger partial charge in [-0.3, -0.25) is 9.58 Å². The second kappa shape index (κ2) is 7.11. The Morgan fingerprint density at radius 2 is 1.79 bits per heavy atom. The van der Waals surface area contributed by atoms with Crippen LogP contribution in [0.5, 0.6) is 0 Å². The first-order valence-electron chi connectivity index (χ1n) is 8.24. The Bertz CT molecular complexity index is 823. The van der Waals surface area contributed by atoms with Gasteiger partial charge in [0.15, 0.2) is 5.65 Å². The average Bonchev–Trinajstić information content (AvgIpc) is 2.84. The Hall–Kier alpha value is -2.24. The van der Waals surface area contributed by atoms with E-state index >= 15 is 0 Å². The summed E-state index contributed by atoms with van der Waals surface area (Å²) in [5, 5.41) is 14.9. The van der Waals surface area contributed by atoms with Crippen LogP contribution >= 0.6 is 0 Å². The molecule has 0 aliphatic carbocycles. The van der Waals surface area contributed by atoms with Crippen LogP contribution in [0.4, 0.5) is 0 Å². The van der Waals surface area contributed by atoms with Crippen molar-refractivity contribution in [2.45, 2.75) is 26.9 Å². The molecule has 126 valence electrons. The van der Waals surface area contributed by atoms with Gasteiger partial charge >= 0.3 is 0 Å². The summed E-state index contributed by atoms with van der Waals surface area (Å²) in [6.45, 7) is 6.44. The van der Waals surface area contributed by atoms with Gasteiger partial charge in [0.25, 0.3) is 0 Å². The molecule has 0 spiro atoms. The predicted molar refractivity (Wildman–Crippen MR) is 95.6 cm³/mol. The van der Waals surface area contributed by atoms with Crippen LogP contribution in [-0.2, 0) is 20.1 Å². The molecule has 0 bridgehead atoms. The van der Waals surface area contributed by atoms with E-state index < -0.39 is 0 Å². The normalized spacial score (nSPS) is 11.5. The third-order valence-electron chi connectivity index (χ3n) is 4.27. The molecule has 0 saturated carbocycles. The summed E-state index contributed by atoms with van der Waals surface area (Å²) in [5.74, 6) is 0. The zero-order valence-electron chi connectivity index (χ0n) is 14.5. The molecule has 24 heavy (non-hydrogen) atoms. The highest BCUT2D eigenvalue weighted by Gasteiger charge is 2.11. The first-order chi connectivity index (χ1) is 11.6. The number of rotatable bonds is 6. The zero-order valence-corrected chi connectivity index (χ0v) is 14.5. The fourth-order valence-corrected chi connectivity index (χ4v) is 3.00. The zero-order chi connectivity index (χ0) is 17.1. The monoisotopic (exact) mass is 324 g/mol. The predicted octanol–water partition coefficient (Wildman–Crippen LogP) is 2.58. The van der Waals surface area contributed by atoms with Crippen molar-refractivity contribution >= 4 is 11.0 Å². The maximum absolute atomic E-state index is 9.39. The molecule has 2 aromatic heterocycles. The summed E-state index contributed by atoms with van der Waals surface area (Å²) in [6, 6.07) is 10.7. The Morgan fingerprint density at radius 1 is 1.08 bits per heavy atom. The number of aliphatic hydroxyl groups excluding tert-OH is 1. The first-order valence-corrected chi connectivity index (χ1v) is 8.24. The van der Waals surface area contributed by atoms with Crippen LogP contribution in [0.1, 0.15) is 22.4 Å². The highest BCUT2D eigenvalue weighted by atomic mass is 16.3. The Kier molecular flexibility index (Phi) is 4.92. The van der Waals surface area contributed by atoms with E-state index in [-0.39, 0.29) is 6.61 Å². The van der Waals surface area contributed by atoms with Crippen molar-refractivity contribution in [1.29, 1.82) is 0 Å². The lowest BCUT2D eigenvalue weighted by atomic mass is 10.1. The highest BCUT2D eigenvalue weighted by Crippen LogP contribution is 2.18. The van der Waals surface area contributed by atoms with Gasteiger partial charge in [-0.2, -0.15) is 5.10 Å². The maximum Gasteiger partial charge on any atom is 0.157 e. The molecule has 5 heteroatoms. The molecular formula is C19H24N4O. The van der Waals surface area contributed by atoms with Crippen LogP contribution in [0, 0.1) is 13.8 Å². The minimum Gasteiger partial charge on any atom is -0.395 e. The summed E-state index contributed by atoms with van der Waals surface area (Å²) in [7, 11) is 1.91. The quantitative estimate of drug-likeness (QED) is 0.757. The number of hydrogen-bond donors (Lipinski definition) is 1. The van der Waals surface area contributed by atoms with E-state index in [9.17, 15) is 5.11 Å². The minimum absolute atomic E-state index is 0.146. The summed E-state index contributed by atoms with van der Waals surface area (Å²) >= 11 is 0. The van der Waals surface area contributed by atoms with Gasteiger partial charge in [-0.15, -0.1) is 0 Å². The van der Waals surface area contributed by atoms with Gasteiger partial charge in [0.2, 0.25) is 0 Å². The molecule has 3 rings (SSSR count). The lowest BCUT2D eigenvalue weighted by molar-refractivity contribution is 0.184. The van der Waals surface area contributed by atoms with Crippen LogP contribution in [-0.4, -0.2) is 37.9 Å². The largest absolute Gasteiger partial charge is 0.395 e. The van der Waals surface area contributed by atoms with Crippen LogP contribution in [0.25, 0.3) is 11.0 Å². The van der Waals surface area contributed by atoms with Crippen molar-refractivity contribution in [2.75, 3.05) is 13.2 Å². The number of aromatic nitrogens is 3. The minimum atomic E-state index is 0.146. The molecule has 1 N–H and O–H groups in total. The smallest absolute Gasteiger partial charge is 0.157 e. The number of hydrogen-bond acceptors (Lipinski definition) is 4. The van der Waals surface area contributed by atoms with Crippen LogP contribution in [0.2, 0.25) is 0 Å². The molecule has 0 amide bonds. The fraction of sp³-hybridized carbons (Fsp3) is 0.368. The molecule has 0 fully saturated rings. The van der Waals surface area contributed by atoms with E-state index in [0.717, 1.165) is 35.4 Å². The van der Waals surface area contributed by atoms with E-state index in [1.165, 1.54) is 11.1 Å². The lowest BCUT2D eigenvalue weighted by Crippen LogP contribution is -2.26. The summed E-state index contributed by atoms with van der Waals surface area (Å²) in [6.07, 6.45) is 1.91. The van der Waals surface area contributed by atoms with Gasteiger partial charge in [0, 0.05) is 38.3 Å². The number of aryl methyl sites for hydroxylation is 3. The van der Waals surface area contributed by atoms with Gasteiger partial charge in [-0.05, 0) is 31.0 Å². The molecule has 0 aliphatic rings. The van der Waals surface area contributed by atoms with Crippen molar-refractivity contribution in [2.24, 2.45) is 7.05 Å². The van der Waals surface area contributed by atoms with Crippen LogP contribution < -0.4 is 0 Å². The lowest BCUT2D eigenvalue weighted by Gasteiger charge is -2.21. The van der Waals surface area contributed by atoms with E-state index in [1.807, 2.05) is 24.9 Å². The molecule has 0 saturated heterocycles. The van der Waals surface area contributed by atoms with Crippen molar-refractivity contribution in [3.05, 3.63) is 58.9 Å². The summed E-state index contributed by atoms with van der Waals surface area (Å²) < 4.78 is 1.81. The van der Waals surface area contributed by atoms with Crippen molar-refractivity contribution in [3.8, 4) is 0 Å². The van der Waals surface area contributed by atoms with Gasteiger partial charge in [-0.1, -0.05) is 29.8 Å². The second-order valence-corrected chi connectivity index (χ2v) is 6.34. The van der Waals surface area contributed by atoms with E-state index in [4.69, 9.17) is 0 Å². The Morgan fingerprint density at radius 3 is 2.50 bits per heavy atom. The Labute approximate surface area is 142 Å². The topological polar surface area (TPSA) is 54.2 Å². The standard InChI is InChI=1S/C19H24N4O/c1-14-4-6-16(7-5-14)12-23(8-9-24)13-17-10-18-15(2)21-22(3)19(18)20-11-17/h4-7,10-11,24H,8-9,12-13H2,1-3H3. The van der Waals surface area contributed by atoms with Gasteiger partial charge < -0.3 is 5.11 Å². The Balaban J connectivity index is 1.79. The molecule has 0 aliphatic heterocycles. The van der Waals surface area contributed by atoms with Crippen molar-refractivity contribution in [1.82, 2.24) is 19.7 Å². The molecule has 5 nitrogen and oxygen atoms in total. The van der Waals surface area contributed by atoms with E-state index in [0.29, 0.717) is 6.54 Å². The summed E-state index contributed by atoms with van der Waals surface area (Å²) in [4.78, 5) is 6.78. The third-order valence-corrected chi connectivity index (χ3v) is 4.27. The fourth-order valence-electron chi connectivity index (χ4n) is 3.00. The average molecular weight is 324 g/mol. The SMILES string of the molecule is Cc1ccc(CN(CCO)Cc2cnc3c(c2)c(C)nn3C)cc1. The highest BCUT2D eigenvalue weighted by molar-refractivity contribution is 5.78. The summed E-state index contributed by atoms with van der Waals surface area (Å²) in [5.41, 5.74) is 5.55. The number of fused-ring (bicyclic) bond motifs is 1. The van der Waals surface area contributed by atoms with Gasteiger partial charge in [0.1, 0.15) is 0 Å². The molecule has 3 aromatic rings. The van der Waals surface area contributed by atoms with Crippen molar-refractivity contribution < 1.29 is 5.11 Å². The van der Waals surface area contributed by atoms with Gasteiger partial charge in [-0.25, -0.2) is 4.98 Å². The molecule has 0 unspecified atom stereocenters. The number of nitrogens with zero attached hydrogens (tertiary/aromatic N) is 4. The molecule has 0 atom stereocenters. The molecular weight excluding hydrogens is 300 g/mol. The number of pyridine rings is 1. The first kappa shape index (κ1) is 16.6. The molecule has 0 radical (unpaired) electrons. The van der Waals surface area contributed by atoms with Crippen molar-refractivity contribution in [3.63, 3.8) is 0 Å². The second-order valence-electron chi connectivity index (χ2n) is 6.34. The van der Waals surface area contributed by atoms with E-state index in [1.54, 1.807) is 0 Å². The molecule has 1 aromatic carbocycles. The molecule has 2 heterocycles. The third kappa shape index (κ3) is 3.63. The van der Waals surface area contributed by atoms with E-state index in [2.05, 4.69) is 52.2 Å². The van der Waals surface area contributed by atoms with Gasteiger partial charge in [0.05, 0.1) is 12.3 Å². The van der Waals surface area contributed by atoms with Crippen LogP contribution in [0.15, 0.2) is 36.5 Å². The van der Waals surface area contributed by atoms with Crippen LogP contribution in [0.3, 0.4) is 0 Å². The number of benzene rings is 1. The number of aliphatic hydroxyl groups is 1.